The van der Waals surface area contributed by atoms with Gasteiger partial charge >= 0.3 is 0 Å². The van der Waals surface area contributed by atoms with Gasteiger partial charge in [0.1, 0.15) is 0 Å². The number of nitrogens with zero attached hydrogens (tertiary/aromatic N) is 1. The van der Waals surface area contributed by atoms with E-state index in [-0.39, 0.29) is 33.3 Å². The lowest BCUT2D eigenvalue weighted by atomic mass is 9.81. The minimum absolute atomic E-state index is 0.0554. The fourth-order valence-corrected chi connectivity index (χ4v) is 4.97. The van der Waals surface area contributed by atoms with Gasteiger partial charge in [-0.25, -0.2) is 4.90 Å². The number of halogens is 2. The Morgan fingerprint density at radius 2 is 1.39 bits per heavy atom. The van der Waals surface area contributed by atoms with Crippen LogP contribution in [0, 0.1) is 11.8 Å². The molecule has 2 aliphatic rings. The lowest BCUT2D eigenvalue weighted by Crippen LogP contribution is -2.34. The van der Waals surface area contributed by atoms with E-state index in [1.807, 2.05) is 42.5 Å². The number of rotatable bonds is 1. The summed E-state index contributed by atoms with van der Waals surface area (Å²) in [5.74, 6) is -0.528. The molecule has 4 atom stereocenters. The Labute approximate surface area is 151 Å². The van der Waals surface area contributed by atoms with Crippen molar-refractivity contribution in [1.29, 1.82) is 0 Å². The van der Waals surface area contributed by atoms with Crippen molar-refractivity contribution in [3.05, 3.63) is 42.5 Å². The van der Waals surface area contributed by atoms with Gasteiger partial charge in [-0.3, -0.25) is 9.59 Å². The first kappa shape index (κ1) is 15.3. The highest BCUT2D eigenvalue weighted by Gasteiger charge is 2.52. The van der Waals surface area contributed by atoms with Gasteiger partial charge in [-0.2, -0.15) is 0 Å². The Morgan fingerprint density at radius 1 is 0.826 bits per heavy atom. The van der Waals surface area contributed by atoms with Gasteiger partial charge in [0.2, 0.25) is 11.8 Å². The molecular weight excluding hydrogens is 422 g/mol. The van der Waals surface area contributed by atoms with Gasteiger partial charge in [-0.05, 0) is 24.3 Å². The van der Waals surface area contributed by atoms with Crippen LogP contribution in [-0.4, -0.2) is 21.5 Å². The zero-order chi connectivity index (χ0) is 16.1. The third kappa shape index (κ3) is 2.36. The van der Waals surface area contributed by atoms with Gasteiger partial charge in [0, 0.05) is 15.0 Å². The maximum absolute atomic E-state index is 12.9. The van der Waals surface area contributed by atoms with Crippen LogP contribution in [0.15, 0.2) is 42.5 Å². The molecule has 0 N–H and O–H groups in total. The Bertz CT molecular complexity index is 773. The smallest absolute Gasteiger partial charge is 0.237 e. The number of fused-ring (bicyclic) bond motifs is 2. The third-order valence-corrected chi connectivity index (χ3v) is 7.65. The zero-order valence-electron chi connectivity index (χ0n) is 12.3. The van der Waals surface area contributed by atoms with Crippen molar-refractivity contribution in [1.82, 2.24) is 0 Å². The van der Waals surface area contributed by atoms with Crippen LogP contribution in [0.1, 0.15) is 12.8 Å². The number of anilines is 1. The highest BCUT2D eigenvalue weighted by atomic mass is 79.9. The van der Waals surface area contributed by atoms with E-state index < -0.39 is 0 Å². The summed E-state index contributed by atoms with van der Waals surface area (Å²) in [6.07, 6.45) is 1.40. The molecule has 1 saturated carbocycles. The fraction of sp³-hybridized carbons (Fsp3) is 0.333. The molecule has 23 heavy (non-hydrogen) atoms. The first-order chi connectivity index (χ1) is 11.1. The molecule has 118 valence electrons. The second kappa shape index (κ2) is 5.71. The Balaban J connectivity index is 1.80. The maximum atomic E-state index is 12.9. The summed E-state index contributed by atoms with van der Waals surface area (Å²) in [5.41, 5.74) is 0.713. The number of imide groups is 1. The Kier molecular flexibility index (Phi) is 3.81. The van der Waals surface area contributed by atoms with Crippen molar-refractivity contribution >= 4 is 60.1 Å². The minimum Gasteiger partial charge on any atom is -0.274 e. The summed E-state index contributed by atoms with van der Waals surface area (Å²) in [4.78, 5) is 27.7. The summed E-state index contributed by atoms with van der Waals surface area (Å²) in [6, 6.07) is 13.6. The molecule has 4 rings (SSSR count). The third-order valence-electron chi connectivity index (χ3n) is 4.92. The molecule has 1 saturated heterocycles. The molecule has 0 bridgehead atoms. The number of hydrogen-bond donors (Lipinski definition) is 0. The van der Waals surface area contributed by atoms with Crippen LogP contribution >= 0.6 is 31.9 Å². The molecule has 2 aromatic carbocycles. The summed E-state index contributed by atoms with van der Waals surface area (Å²) in [5, 5.41) is 1.98. The largest absolute Gasteiger partial charge is 0.274 e. The molecule has 0 aromatic heterocycles. The molecule has 1 heterocycles. The van der Waals surface area contributed by atoms with Crippen LogP contribution in [-0.2, 0) is 9.59 Å². The van der Waals surface area contributed by atoms with Crippen LogP contribution in [0.3, 0.4) is 0 Å². The van der Waals surface area contributed by atoms with Crippen molar-refractivity contribution in [3.8, 4) is 0 Å². The number of carbonyl (C=O) groups excluding carboxylic acids is 2. The van der Waals surface area contributed by atoms with Gasteiger partial charge in [-0.15, -0.1) is 0 Å². The monoisotopic (exact) mass is 435 g/mol. The molecule has 5 heteroatoms. The minimum atomic E-state index is -0.209. The van der Waals surface area contributed by atoms with Crippen molar-refractivity contribution < 1.29 is 9.59 Å². The standard InChI is InChI=1S/C18H15Br2NO2/c19-14-8-12-13(9-15(14)20)18(23)21(17(12)22)16-7-3-5-10-4-1-2-6-11(10)16/h1-7,12-15H,8-9H2. The first-order valence-corrected chi connectivity index (χ1v) is 9.55. The van der Waals surface area contributed by atoms with E-state index in [9.17, 15) is 9.59 Å². The topological polar surface area (TPSA) is 37.4 Å². The fourth-order valence-electron chi connectivity index (χ4n) is 3.74. The molecule has 2 aromatic rings. The van der Waals surface area contributed by atoms with Crippen molar-refractivity contribution in [3.63, 3.8) is 0 Å². The lowest BCUT2D eigenvalue weighted by molar-refractivity contribution is -0.122. The molecule has 0 spiro atoms. The SMILES string of the molecule is O=C1C2CC(Br)C(Br)CC2C(=O)N1c1cccc2ccccc12. The molecule has 2 fully saturated rings. The normalized spacial score (nSPS) is 30.8. The van der Waals surface area contributed by atoms with Gasteiger partial charge < -0.3 is 0 Å². The van der Waals surface area contributed by atoms with Crippen LogP contribution in [0.4, 0.5) is 5.69 Å². The van der Waals surface area contributed by atoms with Gasteiger partial charge in [-0.1, -0.05) is 68.3 Å². The van der Waals surface area contributed by atoms with E-state index in [2.05, 4.69) is 31.9 Å². The van der Waals surface area contributed by atoms with Gasteiger partial charge in [0.15, 0.2) is 0 Å². The predicted molar refractivity (Wildman–Crippen MR) is 98.1 cm³/mol. The van der Waals surface area contributed by atoms with E-state index in [0.29, 0.717) is 18.5 Å². The number of carbonyl (C=O) groups is 2. The highest BCUT2D eigenvalue weighted by molar-refractivity contribution is 9.12. The molecular formula is C18H15Br2NO2. The molecule has 2 amide bonds. The van der Waals surface area contributed by atoms with E-state index in [1.165, 1.54) is 4.90 Å². The van der Waals surface area contributed by atoms with E-state index in [0.717, 1.165) is 10.8 Å². The highest BCUT2D eigenvalue weighted by Crippen LogP contribution is 2.45. The number of amides is 2. The van der Waals surface area contributed by atoms with E-state index in [4.69, 9.17) is 0 Å². The predicted octanol–water partition coefficient (Wildman–Crippen LogP) is 4.27. The molecule has 4 unspecified atom stereocenters. The molecule has 1 aliphatic heterocycles. The molecule has 3 nitrogen and oxygen atoms in total. The van der Waals surface area contributed by atoms with Crippen molar-refractivity contribution in [2.75, 3.05) is 4.90 Å². The molecule has 0 radical (unpaired) electrons. The summed E-state index contributed by atoms with van der Waals surface area (Å²) >= 11 is 7.25. The number of benzene rings is 2. The van der Waals surface area contributed by atoms with E-state index in [1.54, 1.807) is 0 Å². The lowest BCUT2D eigenvalue weighted by Gasteiger charge is -2.29. The van der Waals surface area contributed by atoms with Crippen LogP contribution < -0.4 is 4.90 Å². The van der Waals surface area contributed by atoms with Crippen molar-refractivity contribution in [2.45, 2.75) is 22.5 Å². The first-order valence-electron chi connectivity index (χ1n) is 7.71. The number of alkyl halides is 2. The Hall–Kier alpha value is -1.20. The van der Waals surface area contributed by atoms with E-state index >= 15 is 0 Å². The van der Waals surface area contributed by atoms with Crippen LogP contribution in [0.25, 0.3) is 10.8 Å². The van der Waals surface area contributed by atoms with Gasteiger partial charge in [0.05, 0.1) is 17.5 Å². The molecule has 1 aliphatic carbocycles. The van der Waals surface area contributed by atoms with Crippen molar-refractivity contribution in [2.24, 2.45) is 11.8 Å². The quantitative estimate of drug-likeness (QED) is 0.494. The average molecular weight is 437 g/mol. The second-order valence-electron chi connectivity index (χ2n) is 6.23. The Morgan fingerprint density at radius 3 is 2.04 bits per heavy atom. The van der Waals surface area contributed by atoms with Gasteiger partial charge in [0.25, 0.3) is 0 Å². The second-order valence-corrected chi connectivity index (χ2v) is 8.58. The summed E-state index contributed by atoms with van der Waals surface area (Å²) < 4.78 is 0. The summed E-state index contributed by atoms with van der Waals surface area (Å²) in [6.45, 7) is 0. The maximum Gasteiger partial charge on any atom is 0.237 e. The van der Waals surface area contributed by atoms with Crippen LogP contribution in [0.5, 0.6) is 0 Å². The van der Waals surface area contributed by atoms with Crippen LogP contribution in [0.2, 0.25) is 0 Å². The summed E-state index contributed by atoms with van der Waals surface area (Å²) in [7, 11) is 0. The average Bonchev–Trinajstić information content (AvgIpc) is 2.79. The number of hydrogen-bond acceptors (Lipinski definition) is 2. The zero-order valence-corrected chi connectivity index (χ0v) is 15.5.